The van der Waals surface area contributed by atoms with Crippen LogP contribution in [-0.4, -0.2) is 64.0 Å². The zero-order chi connectivity index (χ0) is 18.9. The fourth-order valence-electron chi connectivity index (χ4n) is 2.64. The predicted molar refractivity (Wildman–Crippen MR) is 84.1 cm³/mol. The normalized spacial score (nSPS) is 17.5. The lowest BCUT2D eigenvalue weighted by atomic mass is 10.2. The SMILES string of the molecule is NS(=O)(=O)N1CCN(Cc2nnnn2-c2ccc(C(F)(F)F)cc2)CC1. The first-order chi connectivity index (χ1) is 12.1. The minimum atomic E-state index is -4.41. The number of rotatable bonds is 4. The molecule has 0 spiro atoms. The summed E-state index contributed by atoms with van der Waals surface area (Å²) in [5.74, 6) is 0.439. The van der Waals surface area contributed by atoms with Gasteiger partial charge in [0, 0.05) is 26.2 Å². The molecule has 1 saturated heterocycles. The third kappa shape index (κ3) is 4.17. The van der Waals surface area contributed by atoms with Gasteiger partial charge in [-0.25, -0.2) is 5.14 Å². The molecule has 2 N–H and O–H groups in total. The molecule has 0 bridgehead atoms. The first-order valence-electron chi connectivity index (χ1n) is 7.60. The summed E-state index contributed by atoms with van der Waals surface area (Å²) in [5.41, 5.74) is -0.351. The molecule has 0 radical (unpaired) electrons. The average Bonchev–Trinajstić information content (AvgIpc) is 3.02. The molecule has 0 atom stereocenters. The Morgan fingerprint density at radius 3 is 2.23 bits per heavy atom. The van der Waals surface area contributed by atoms with E-state index in [1.54, 1.807) is 0 Å². The van der Waals surface area contributed by atoms with Crippen molar-refractivity contribution in [3.05, 3.63) is 35.7 Å². The van der Waals surface area contributed by atoms with Crippen LogP contribution in [0.15, 0.2) is 24.3 Å². The summed E-state index contributed by atoms with van der Waals surface area (Å²) >= 11 is 0. The molecule has 2 heterocycles. The number of aromatic nitrogens is 4. The first kappa shape index (κ1) is 18.7. The van der Waals surface area contributed by atoms with E-state index in [4.69, 9.17) is 5.14 Å². The van der Waals surface area contributed by atoms with Gasteiger partial charge in [-0.1, -0.05) is 0 Å². The molecule has 2 aromatic rings. The maximum absolute atomic E-state index is 12.7. The molecule has 0 saturated carbocycles. The lowest BCUT2D eigenvalue weighted by Gasteiger charge is -2.32. The second kappa shape index (κ2) is 6.90. The molecule has 26 heavy (non-hydrogen) atoms. The minimum Gasteiger partial charge on any atom is -0.293 e. The molecule has 142 valence electrons. The summed E-state index contributed by atoms with van der Waals surface area (Å²) in [4.78, 5) is 1.94. The Morgan fingerprint density at radius 1 is 1.08 bits per heavy atom. The Bertz CT molecular complexity index is 859. The van der Waals surface area contributed by atoms with Gasteiger partial charge in [-0.05, 0) is 34.7 Å². The van der Waals surface area contributed by atoms with E-state index in [-0.39, 0.29) is 13.1 Å². The average molecular weight is 391 g/mol. The van der Waals surface area contributed by atoms with Crippen molar-refractivity contribution in [2.24, 2.45) is 5.14 Å². The van der Waals surface area contributed by atoms with Gasteiger partial charge in [0.05, 0.1) is 17.8 Å². The smallest absolute Gasteiger partial charge is 0.293 e. The second-order valence-corrected chi connectivity index (χ2v) is 7.32. The molecular formula is C13H16F3N7O2S. The van der Waals surface area contributed by atoms with E-state index in [1.807, 2.05) is 4.90 Å². The fraction of sp³-hybridized carbons (Fsp3) is 0.462. The van der Waals surface area contributed by atoms with Crippen LogP contribution >= 0.6 is 0 Å². The summed E-state index contributed by atoms with van der Waals surface area (Å²) in [6.07, 6.45) is -4.41. The van der Waals surface area contributed by atoms with E-state index in [2.05, 4.69) is 15.5 Å². The van der Waals surface area contributed by atoms with Gasteiger partial charge in [0.15, 0.2) is 5.82 Å². The summed E-state index contributed by atoms with van der Waals surface area (Å²) in [6, 6.07) is 4.51. The molecule has 9 nitrogen and oxygen atoms in total. The van der Waals surface area contributed by atoms with E-state index >= 15 is 0 Å². The highest BCUT2D eigenvalue weighted by Crippen LogP contribution is 2.29. The number of hydrogen-bond donors (Lipinski definition) is 1. The van der Waals surface area contributed by atoms with E-state index in [0.29, 0.717) is 31.1 Å². The maximum Gasteiger partial charge on any atom is 0.416 e. The fourth-order valence-corrected chi connectivity index (χ4v) is 3.31. The Hall–Kier alpha value is -2.09. The highest BCUT2D eigenvalue weighted by Gasteiger charge is 2.30. The largest absolute Gasteiger partial charge is 0.416 e. The zero-order valence-electron chi connectivity index (χ0n) is 13.5. The highest BCUT2D eigenvalue weighted by molar-refractivity contribution is 7.86. The monoisotopic (exact) mass is 391 g/mol. The van der Waals surface area contributed by atoms with Gasteiger partial charge in [0.25, 0.3) is 10.2 Å². The van der Waals surface area contributed by atoms with Crippen molar-refractivity contribution in [3.8, 4) is 5.69 Å². The van der Waals surface area contributed by atoms with E-state index in [0.717, 1.165) is 12.1 Å². The van der Waals surface area contributed by atoms with Gasteiger partial charge in [-0.3, -0.25) is 4.90 Å². The standard InChI is InChI=1S/C13H16F3N7O2S/c14-13(15,16)10-1-3-11(4-2-10)23-12(18-19-20-23)9-21-5-7-22(8-6-21)26(17,24)25/h1-4H,5-9H2,(H2,17,24,25). The van der Waals surface area contributed by atoms with Crippen LogP contribution in [0.2, 0.25) is 0 Å². The van der Waals surface area contributed by atoms with E-state index < -0.39 is 21.9 Å². The summed E-state index contributed by atoms with van der Waals surface area (Å²) in [5, 5.41) is 16.4. The molecule has 0 aliphatic carbocycles. The number of hydrogen-bond acceptors (Lipinski definition) is 6. The second-order valence-electron chi connectivity index (χ2n) is 5.77. The number of benzene rings is 1. The van der Waals surface area contributed by atoms with Crippen LogP contribution in [0.1, 0.15) is 11.4 Å². The zero-order valence-corrected chi connectivity index (χ0v) is 14.3. The van der Waals surface area contributed by atoms with Gasteiger partial charge in [-0.15, -0.1) is 5.10 Å². The van der Waals surface area contributed by atoms with Gasteiger partial charge >= 0.3 is 6.18 Å². The van der Waals surface area contributed by atoms with Gasteiger partial charge < -0.3 is 0 Å². The maximum atomic E-state index is 12.7. The number of alkyl halides is 3. The topological polar surface area (TPSA) is 110 Å². The number of halogens is 3. The summed E-state index contributed by atoms with van der Waals surface area (Å²) < 4.78 is 63.1. The van der Waals surface area contributed by atoms with E-state index in [9.17, 15) is 21.6 Å². The Morgan fingerprint density at radius 2 is 1.69 bits per heavy atom. The number of nitrogens with zero attached hydrogens (tertiary/aromatic N) is 6. The van der Waals surface area contributed by atoms with Crippen molar-refractivity contribution in [2.75, 3.05) is 26.2 Å². The van der Waals surface area contributed by atoms with Crippen LogP contribution in [0.5, 0.6) is 0 Å². The molecule has 0 amide bonds. The van der Waals surface area contributed by atoms with Crippen molar-refractivity contribution >= 4 is 10.2 Å². The van der Waals surface area contributed by atoms with Crippen LogP contribution in [-0.2, 0) is 22.9 Å². The number of tetrazole rings is 1. The molecular weight excluding hydrogens is 375 g/mol. The van der Waals surface area contributed by atoms with Crippen molar-refractivity contribution in [2.45, 2.75) is 12.7 Å². The van der Waals surface area contributed by atoms with Gasteiger partial charge in [-0.2, -0.15) is 30.6 Å². The first-order valence-corrected chi connectivity index (χ1v) is 9.10. The summed E-state index contributed by atoms with van der Waals surface area (Å²) in [6.45, 7) is 1.71. The summed E-state index contributed by atoms with van der Waals surface area (Å²) in [7, 11) is -3.71. The molecule has 1 aliphatic rings. The molecule has 0 unspecified atom stereocenters. The number of nitrogens with two attached hydrogens (primary N) is 1. The predicted octanol–water partition coefficient (Wildman–Crippen LogP) is 0.00220. The third-order valence-corrected chi connectivity index (χ3v) is 5.11. The Balaban J connectivity index is 1.70. The minimum absolute atomic E-state index is 0.251. The molecule has 1 aromatic heterocycles. The molecule has 1 aliphatic heterocycles. The molecule has 1 fully saturated rings. The molecule has 1 aromatic carbocycles. The van der Waals surface area contributed by atoms with Crippen molar-refractivity contribution in [3.63, 3.8) is 0 Å². The van der Waals surface area contributed by atoms with Crippen LogP contribution in [0.3, 0.4) is 0 Å². The van der Waals surface area contributed by atoms with Crippen molar-refractivity contribution in [1.82, 2.24) is 29.4 Å². The van der Waals surface area contributed by atoms with Crippen LogP contribution < -0.4 is 5.14 Å². The lowest BCUT2D eigenvalue weighted by molar-refractivity contribution is -0.137. The van der Waals surface area contributed by atoms with Crippen LogP contribution in [0, 0.1) is 0 Å². The quantitative estimate of drug-likeness (QED) is 0.786. The van der Waals surface area contributed by atoms with Crippen LogP contribution in [0.25, 0.3) is 5.69 Å². The number of piperazine rings is 1. The highest BCUT2D eigenvalue weighted by atomic mass is 32.2. The molecule has 13 heteroatoms. The third-order valence-electron chi connectivity index (χ3n) is 4.03. The Labute approximate surface area is 147 Å². The lowest BCUT2D eigenvalue weighted by Crippen LogP contribution is -2.50. The Kier molecular flexibility index (Phi) is 4.96. The molecule has 3 rings (SSSR count). The van der Waals surface area contributed by atoms with Gasteiger partial charge in [0.2, 0.25) is 0 Å². The van der Waals surface area contributed by atoms with Crippen LogP contribution in [0.4, 0.5) is 13.2 Å². The van der Waals surface area contributed by atoms with Crippen molar-refractivity contribution in [1.29, 1.82) is 0 Å². The van der Waals surface area contributed by atoms with Crippen molar-refractivity contribution < 1.29 is 21.6 Å². The van der Waals surface area contributed by atoms with E-state index in [1.165, 1.54) is 21.1 Å². The van der Waals surface area contributed by atoms with Gasteiger partial charge in [0.1, 0.15) is 0 Å².